The van der Waals surface area contributed by atoms with Crippen molar-refractivity contribution in [3.8, 4) is 5.75 Å². The molecule has 0 aliphatic carbocycles. The van der Waals surface area contributed by atoms with Gasteiger partial charge in [0.2, 0.25) is 0 Å². The summed E-state index contributed by atoms with van der Waals surface area (Å²) in [5.41, 5.74) is -0.525. The van der Waals surface area contributed by atoms with Crippen LogP contribution in [0.2, 0.25) is 0 Å². The fourth-order valence-electron chi connectivity index (χ4n) is 1.01. The van der Waals surface area contributed by atoms with E-state index in [-0.39, 0.29) is 5.75 Å². The number of halogens is 3. The summed E-state index contributed by atoms with van der Waals surface area (Å²) in [5.74, 6) is -3.78. The molecule has 0 heterocycles. The molecule has 0 spiro atoms. The number of methoxy groups -OCH3 is 1. The lowest BCUT2D eigenvalue weighted by atomic mass is 10.1. The van der Waals surface area contributed by atoms with Crippen LogP contribution in [0.3, 0.4) is 0 Å². The van der Waals surface area contributed by atoms with Crippen LogP contribution in [0.1, 0.15) is 5.56 Å². The summed E-state index contributed by atoms with van der Waals surface area (Å²) in [6.45, 7) is 0. The Labute approximate surface area is 84.4 Å². The predicted molar refractivity (Wildman–Crippen MR) is 47.7 cm³/mol. The highest BCUT2D eigenvalue weighted by Crippen LogP contribution is 2.36. The maximum atomic E-state index is 13.2. The van der Waals surface area contributed by atoms with Crippen molar-refractivity contribution >= 4 is 16.8 Å². The highest BCUT2D eigenvalue weighted by atomic mass is 35.5. The molecule has 0 atom stereocenters. The summed E-state index contributed by atoms with van der Waals surface area (Å²) >= 11 is 4.79. The summed E-state index contributed by atoms with van der Waals surface area (Å²) in [4.78, 5) is 10.5. The zero-order valence-electron chi connectivity index (χ0n) is 7.26. The van der Waals surface area contributed by atoms with Crippen molar-refractivity contribution < 1.29 is 18.3 Å². The lowest BCUT2D eigenvalue weighted by Gasteiger charge is -2.14. The van der Waals surface area contributed by atoms with E-state index < -0.39 is 16.7 Å². The Bertz CT molecular complexity index is 352. The summed E-state index contributed by atoms with van der Waals surface area (Å²) in [5, 5.41) is -1.72. The van der Waals surface area contributed by atoms with E-state index in [0.29, 0.717) is 0 Å². The number of para-hydroxylation sites is 1. The van der Waals surface area contributed by atoms with E-state index >= 15 is 0 Å². The van der Waals surface area contributed by atoms with Gasteiger partial charge in [0.15, 0.2) is 0 Å². The third kappa shape index (κ3) is 1.85. The van der Waals surface area contributed by atoms with Gasteiger partial charge in [0.25, 0.3) is 5.24 Å². The third-order valence-corrected chi connectivity index (χ3v) is 1.93. The molecule has 14 heavy (non-hydrogen) atoms. The third-order valence-electron chi connectivity index (χ3n) is 1.69. The van der Waals surface area contributed by atoms with Gasteiger partial charge in [-0.15, -0.1) is 0 Å². The van der Waals surface area contributed by atoms with Crippen molar-refractivity contribution in [3.63, 3.8) is 0 Å². The molecule has 0 aliphatic rings. The standard InChI is InChI=1S/C9H7ClF2O2/c1-14-7-5-3-2-4-6(7)9(11,12)8(10)13/h2-5H,1H3. The first kappa shape index (κ1) is 10.9. The number of rotatable bonds is 3. The molecule has 1 aromatic carbocycles. The van der Waals surface area contributed by atoms with Gasteiger partial charge in [-0.05, 0) is 23.7 Å². The van der Waals surface area contributed by atoms with E-state index in [0.717, 1.165) is 6.07 Å². The fourth-order valence-corrected chi connectivity index (χ4v) is 1.11. The minimum absolute atomic E-state index is 0.0634. The molecule has 0 amide bonds. The summed E-state index contributed by atoms with van der Waals surface area (Å²) in [6, 6.07) is 5.34. The molecule has 0 unspecified atom stereocenters. The minimum atomic E-state index is -3.71. The second-order valence-electron chi connectivity index (χ2n) is 2.55. The lowest BCUT2D eigenvalue weighted by molar-refractivity contribution is -0.135. The number of carbonyl (C=O) groups is 1. The van der Waals surface area contributed by atoms with E-state index in [9.17, 15) is 13.6 Å². The normalized spacial score (nSPS) is 11.1. The van der Waals surface area contributed by atoms with E-state index in [4.69, 9.17) is 16.3 Å². The summed E-state index contributed by atoms with van der Waals surface area (Å²) < 4.78 is 31.0. The molecule has 0 radical (unpaired) electrons. The Balaban J connectivity index is 3.24. The van der Waals surface area contributed by atoms with Gasteiger partial charge in [-0.25, -0.2) is 0 Å². The molecule has 0 bridgehead atoms. The van der Waals surface area contributed by atoms with Crippen molar-refractivity contribution in [1.82, 2.24) is 0 Å². The van der Waals surface area contributed by atoms with Gasteiger partial charge in [0, 0.05) is 0 Å². The molecule has 1 rings (SSSR count). The van der Waals surface area contributed by atoms with Crippen molar-refractivity contribution in [2.75, 3.05) is 7.11 Å². The molecule has 0 fully saturated rings. The highest BCUT2D eigenvalue weighted by Gasteiger charge is 2.41. The van der Waals surface area contributed by atoms with Crippen LogP contribution in [-0.2, 0) is 10.7 Å². The van der Waals surface area contributed by atoms with Crippen molar-refractivity contribution in [3.05, 3.63) is 29.8 Å². The molecule has 0 saturated carbocycles. The Morgan fingerprint density at radius 3 is 2.50 bits per heavy atom. The Morgan fingerprint density at radius 2 is 2.00 bits per heavy atom. The Kier molecular flexibility index (Phi) is 3.06. The summed E-state index contributed by atoms with van der Waals surface area (Å²) in [6.07, 6.45) is 0. The second kappa shape index (κ2) is 3.92. The van der Waals surface area contributed by atoms with Crippen LogP contribution in [0.5, 0.6) is 5.75 Å². The lowest BCUT2D eigenvalue weighted by Crippen LogP contribution is -2.21. The average Bonchev–Trinajstić information content (AvgIpc) is 2.17. The number of alkyl halides is 2. The Morgan fingerprint density at radius 1 is 1.43 bits per heavy atom. The van der Waals surface area contributed by atoms with Gasteiger partial charge in [-0.3, -0.25) is 4.79 Å². The second-order valence-corrected chi connectivity index (χ2v) is 2.89. The topological polar surface area (TPSA) is 26.3 Å². The smallest absolute Gasteiger partial charge is 0.348 e. The molecule has 5 heteroatoms. The molecule has 0 N–H and O–H groups in total. The molecule has 2 nitrogen and oxygen atoms in total. The van der Waals surface area contributed by atoms with Gasteiger partial charge in [-0.2, -0.15) is 8.78 Å². The zero-order chi connectivity index (χ0) is 10.8. The number of ether oxygens (including phenoxy) is 1. The zero-order valence-corrected chi connectivity index (χ0v) is 8.02. The van der Waals surface area contributed by atoms with Crippen molar-refractivity contribution in [2.24, 2.45) is 0 Å². The summed E-state index contributed by atoms with van der Waals surface area (Å²) in [7, 11) is 1.24. The van der Waals surface area contributed by atoms with Crippen LogP contribution in [0.15, 0.2) is 24.3 Å². The maximum Gasteiger partial charge on any atom is 0.348 e. The monoisotopic (exact) mass is 220 g/mol. The number of hydrogen-bond acceptors (Lipinski definition) is 2. The van der Waals surface area contributed by atoms with Crippen LogP contribution >= 0.6 is 11.6 Å². The molecular formula is C9H7ClF2O2. The largest absolute Gasteiger partial charge is 0.496 e. The number of benzene rings is 1. The van der Waals surface area contributed by atoms with Crippen LogP contribution in [0.25, 0.3) is 0 Å². The number of hydrogen-bond donors (Lipinski definition) is 0. The van der Waals surface area contributed by atoms with Crippen molar-refractivity contribution in [1.29, 1.82) is 0 Å². The van der Waals surface area contributed by atoms with Gasteiger partial charge in [0.05, 0.1) is 12.7 Å². The molecule has 0 aromatic heterocycles. The van der Waals surface area contributed by atoms with E-state index in [1.165, 1.54) is 25.3 Å². The van der Waals surface area contributed by atoms with Crippen LogP contribution in [0.4, 0.5) is 8.78 Å². The van der Waals surface area contributed by atoms with Crippen LogP contribution in [-0.4, -0.2) is 12.4 Å². The molecular weight excluding hydrogens is 214 g/mol. The first-order chi connectivity index (χ1) is 6.50. The number of carbonyl (C=O) groups excluding carboxylic acids is 1. The maximum absolute atomic E-state index is 13.2. The van der Waals surface area contributed by atoms with Crippen LogP contribution in [0, 0.1) is 0 Å². The molecule has 76 valence electrons. The Hall–Kier alpha value is -1.16. The molecule has 1 aromatic rings. The van der Waals surface area contributed by atoms with Gasteiger partial charge >= 0.3 is 5.92 Å². The van der Waals surface area contributed by atoms with E-state index in [2.05, 4.69) is 0 Å². The average molecular weight is 221 g/mol. The SMILES string of the molecule is COc1ccccc1C(F)(F)C(=O)Cl. The minimum Gasteiger partial charge on any atom is -0.496 e. The van der Waals surface area contributed by atoms with Gasteiger partial charge in [0.1, 0.15) is 5.75 Å². The predicted octanol–water partition coefficient (Wildman–Crippen LogP) is 2.55. The first-order valence-electron chi connectivity index (χ1n) is 3.71. The highest BCUT2D eigenvalue weighted by molar-refractivity contribution is 6.65. The fraction of sp³-hybridized carbons (Fsp3) is 0.222. The van der Waals surface area contributed by atoms with E-state index in [1.54, 1.807) is 0 Å². The quantitative estimate of drug-likeness (QED) is 0.732. The first-order valence-corrected chi connectivity index (χ1v) is 4.09. The van der Waals surface area contributed by atoms with Crippen LogP contribution < -0.4 is 4.74 Å². The van der Waals surface area contributed by atoms with E-state index in [1.807, 2.05) is 0 Å². The van der Waals surface area contributed by atoms with Gasteiger partial charge < -0.3 is 4.74 Å². The molecule has 0 aliphatic heterocycles. The van der Waals surface area contributed by atoms with Crippen molar-refractivity contribution in [2.45, 2.75) is 5.92 Å². The molecule has 0 saturated heterocycles. The van der Waals surface area contributed by atoms with Gasteiger partial charge in [-0.1, -0.05) is 12.1 Å².